The number of methoxy groups -OCH3 is 1. The largest absolute Gasteiger partial charge is 0.382 e. The molecular weight excluding hydrogens is 434 g/mol. The SMILES string of the molecule is CNC(=O)CCN1C(=O)CC(SC(C)(C)CN(CCOCCOCCOC)C(C)C)C1=O. The third-order valence-electron chi connectivity index (χ3n) is 5.15. The monoisotopic (exact) mass is 475 g/mol. The van der Waals surface area contributed by atoms with Gasteiger partial charge in [0.2, 0.25) is 17.7 Å². The number of nitrogens with zero attached hydrogens (tertiary/aromatic N) is 2. The third-order valence-corrected chi connectivity index (χ3v) is 6.57. The molecule has 3 amide bonds. The Bertz CT molecular complexity index is 602. The number of amides is 3. The van der Waals surface area contributed by atoms with Gasteiger partial charge in [0, 0.05) is 57.4 Å². The molecule has 0 aromatic heterocycles. The number of hydrogen-bond acceptors (Lipinski definition) is 8. The highest BCUT2D eigenvalue weighted by molar-refractivity contribution is 8.02. The van der Waals surface area contributed by atoms with E-state index in [1.165, 1.54) is 16.7 Å². The Hall–Kier alpha value is -1.20. The zero-order valence-corrected chi connectivity index (χ0v) is 21.3. The van der Waals surface area contributed by atoms with Crippen molar-refractivity contribution in [1.29, 1.82) is 0 Å². The Kier molecular flexibility index (Phi) is 13.4. The van der Waals surface area contributed by atoms with Crippen LogP contribution < -0.4 is 5.32 Å². The normalized spacial score (nSPS) is 17.1. The molecule has 1 aliphatic heterocycles. The summed E-state index contributed by atoms with van der Waals surface area (Å²) in [5.41, 5.74) is 0. The van der Waals surface area contributed by atoms with Gasteiger partial charge in [0.25, 0.3) is 0 Å². The van der Waals surface area contributed by atoms with E-state index in [1.54, 1.807) is 14.2 Å². The molecule has 1 N–H and O–H groups in total. The summed E-state index contributed by atoms with van der Waals surface area (Å²) < 4.78 is 15.8. The molecule has 1 fully saturated rings. The quantitative estimate of drug-likeness (QED) is 0.247. The number of thioether (sulfide) groups is 1. The average molecular weight is 476 g/mol. The van der Waals surface area contributed by atoms with Gasteiger partial charge in [0.15, 0.2) is 0 Å². The van der Waals surface area contributed by atoms with Crippen LogP contribution in [0.3, 0.4) is 0 Å². The Morgan fingerprint density at radius 3 is 2.41 bits per heavy atom. The number of carbonyl (C=O) groups excluding carboxylic acids is 3. The average Bonchev–Trinajstić information content (AvgIpc) is 2.98. The predicted molar refractivity (Wildman–Crippen MR) is 126 cm³/mol. The fourth-order valence-corrected chi connectivity index (χ4v) is 4.86. The lowest BCUT2D eigenvalue weighted by Crippen LogP contribution is -2.44. The van der Waals surface area contributed by atoms with Gasteiger partial charge in [-0.1, -0.05) is 0 Å². The number of likely N-dealkylation sites (tertiary alicyclic amines) is 1. The molecule has 1 unspecified atom stereocenters. The van der Waals surface area contributed by atoms with Crippen molar-refractivity contribution in [3.05, 3.63) is 0 Å². The maximum absolute atomic E-state index is 12.8. The summed E-state index contributed by atoms with van der Waals surface area (Å²) in [5, 5.41) is 2.11. The third kappa shape index (κ3) is 10.6. The molecule has 1 saturated heterocycles. The Labute approximate surface area is 196 Å². The van der Waals surface area contributed by atoms with Crippen molar-refractivity contribution in [2.24, 2.45) is 0 Å². The summed E-state index contributed by atoms with van der Waals surface area (Å²) in [6.45, 7) is 13.0. The zero-order valence-electron chi connectivity index (χ0n) is 20.5. The van der Waals surface area contributed by atoms with Crippen molar-refractivity contribution in [2.45, 2.75) is 56.6 Å². The molecular formula is C22H41N3O6S. The van der Waals surface area contributed by atoms with Crippen molar-refractivity contribution < 1.29 is 28.6 Å². The Morgan fingerprint density at radius 2 is 1.81 bits per heavy atom. The number of rotatable bonds is 17. The van der Waals surface area contributed by atoms with Gasteiger partial charge in [0.05, 0.1) is 38.3 Å². The molecule has 9 nitrogen and oxygen atoms in total. The summed E-state index contributed by atoms with van der Waals surface area (Å²) in [7, 11) is 3.18. The molecule has 186 valence electrons. The van der Waals surface area contributed by atoms with Crippen LogP contribution in [-0.2, 0) is 28.6 Å². The summed E-state index contributed by atoms with van der Waals surface area (Å²) in [4.78, 5) is 40.1. The highest BCUT2D eigenvalue weighted by Gasteiger charge is 2.42. The van der Waals surface area contributed by atoms with Crippen molar-refractivity contribution in [3.8, 4) is 0 Å². The van der Waals surface area contributed by atoms with E-state index in [4.69, 9.17) is 14.2 Å². The lowest BCUT2D eigenvalue weighted by atomic mass is 10.1. The van der Waals surface area contributed by atoms with Gasteiger partial charge in [0.1, 0.15) is 0 Å². The molecule has 1 aliphatic rings. The molecule has 0 bridgehead atoms. The molecule has 0 aliphatic carbocycles. The minimum Gasteiger partial charge on any atom is -0.382 e. The van der Waals surface area contributed by atoms with Gasteiger partial charge >= 0.3 is 0 Å². The predicted octanol–water partition coefficient (Wildman–Crippen LogP) is 1.15. The summed E-state index contributed by atoms with van der Waals surface area (Å²) >= 11 is 1.54. The highest BCUT2D eigenvalue weighted by Crippen LogP contribution is 2.36. The number of imide groups is 1. The number of ether oxygens (including phenoxy) is 3. The van der Waals surface area contributed by atoms with E-state index in [1.807, 2.05) is 0 Å². The zero-order chi connectivity index (χ0) is 24.1. The Morgan fingerprint density at radius 1 is 1.19 bits per heavy atom. The highest BCUT2D eigenvalue weighted by atomic mass is 32.2. The van der Waals surface area contributed by atoms with Crippen LogP contribution in [0.4, 0.5) is 0 Å². The van der Waals surface area contributed by atoms with Gasteiger partial charge < -0.3 is 19.5 Å². The van der Waals surface area contributed by atoms with Crippen LogP contribution in [0.2, 0.25) is 0 Å². The van der Waals surface area contributed by atoms with Gasteiger partial charge in [-0.3, -0.25) is 24.2 Å². The van der Waals surface area contributed by atoms with Gasteiger partial charge in [-0.15, -0.1) is 11.8 Å². The van der Waals surface area contributed by atoms with Gasteiger partial charge in [-0.2, -0.15) is 0 Å². The molecule has 0 aromatic carbocycles. The fraction of sp³-hybridized carbons (Fsp3) is 0.864. The van der Waals surface area contributed by atoms with Gasteiger partial charge in [-0.25, -0.2) is 0 Å². The van der Waals surface area contributed by atoms with Crippen LogP contribution >= 0.6 is 11.8 Å². The van der Waals surface area contributed by atoms with Crippen molar-refractivity contribution in [2.75, 3.05) is 66.8 Å². The van der Waals surface area contributed by atoms with E-state index in [2.05, 4.69) is 37.9 Å². The summed E-state index contributed by atoms with van der Waals surface area (Å²) in [6.07, 6.45) is 0.321. The van der Waals surface area contributed by atoms with Crippen LogP contribution in [0.5, 0.6) is 0 Å². The number of nitrogens with one attached hydrogen (secondary N) is 1. The van der Waals surface area contributed by atoms with E-state index in [9.17, 15) is 14.4 Å². The van der Waals surface area contributed by atoms with Crippen LogP contribution in [0, 0.1) is 0 Å². The molecule has 0 radical (unpaired) electrons. The molecule has 1 atom stereocenters. The number of carbonyl (C=O) groups is 3. The molecule has 10 heteroatoms. The second-order valence-corrected chi connectivity index (χ2v) is 10.6. The van der Waals surface area contributed by atoms with Gasteiger partial charge in [-0.05, 0) is 27.7 Å². The van der Waals surface area contributed by atoms with Crippen molar-refractivity contribution >= 4 is 29.5 Å². The second-order valence-electron chi connectivity index (χ2n) is 8.66. The Balaban J connectivity index is 2.48. The molecule has 0 saturated carbocycles. The van der Waals surface area contributed by atoms with E-state index < -0.39 is 5.25 Å². The first kappa shape index (κ1) is 28.8. The first-order valence-corrected chi connectivity index (χ1v) is 12.1. The van der Waals surface area contributed by atoms with E-state index in [0.717, 1.165) is 13.1 Å². The first-order chi connectivity index (χ1) is 15.1. The van der Waals surface area contributed by atoms with Crippen molar-refractivity contribution in [3.63, 3.8) is 0 Å². The molecule has 0 spiro atoms. The molecule has 1 rings (SSSR count). The standard InChI is InChI=1S/C22H41N3O6S/c1-17(2)24(9-10-30-13-14-31-12-11-29-6)16-22(3,4)32-18-15-20(27)25(21(18)28)8-7-19(26)23-5/h17-18H,7-16H2,1-6H3,(H,23,26). The minimum atomic E-state index is -0.406. The van der Waals surface area contributed by atoms with E-state index in [0.29, 0.717) is 39.1 Å². The molecule has 1 heterocycles. The van der Waals surface area contributed by atoms with E-state index in [-0.39, 0.29) is 41.9 Å². The number of hydrogen-bond donors (Lipinski definition) is 1. The smallest absolute Gasteiger partial charge is 0.242 e. The fourth-order valence-electron chi connectivity index (χ4n) is 3.40. The van der Waals surface area contributed by atoms with E-state index >= 15 is 0 Å². The summed E-state index contributed by atoms with van der Waals surface area (Å²) in [5.74, 6) is -0.572. The second kappa shape index (κ2) is 14.8. The minimum absolute atomic E-state index is 0.132. The van der Waals surface area contributed by atoms with Crippen LogP contribution in [-0.4, -0.2) is 110 Å². The van der Waals surface area contributed by atoms with Crippen LogP contribution in [0.1, 0.15) is 40.5 Å². The maximum atomic E-state index is 12.8. The lowest BCUT2D eigenvalue weighted by Gasteiger charge is -2.35. The maximum Gasteiger partial charge on any atom is 0.242 e. The summed E-state index contributed by atoms with van der Waals surface area (Å²) in [6, 6.07) is 0.321. The molecule has 0 aromatic rings. The topological polar surface area (TPSA) is 97.4 Å². The van der Waals surface area contributed by atoms with Crippen LogP contribution in [0.25, 0.3) is 0 Å². The van der Waals surface area contributed by atoms with Crippen molar-refractivity contribution in [1.82, 2.24) is 15.1 Å². The van der Waals surface area contributed by atoms with Crippen LogP contribution in [0.15, 0.2) is 0 Å². The lowest BCUT2D eigenvalue weighted by molar-refractivity contribution is -0.138. The first-order valence-electron chi connectivity index (χ1n) is 11.2. The molecule has 32 heavy (non-hydrogen) atoms.